The van der Waals surface area contributed by atoms with Crippen molar-refractivity contribution in [3.8, 4) is 0 Å². The fourth-order valence-corrected chi connectivity index (χ4v) is 2.10. The highest BCUT2D eigenvalue weighted by Crippen LogP contribution is 2.18. The summed E-state index contributed by atoms with van der Waals surface area (Å²) in [5, 5.41) is 2.87. The second-order valence-electron chi connectivity index (χ2n) is 3.57. The summed E-state index contributed by atoms with van der Waals surface area (Å²) in [7, 11) is 0. The second kappa shape index (κ2) is 4.55. The Morgan fingerprint density at radius 3 is 2.64 bits per heavy atom. The van der Waals surface area contributed by atoms with Gasteiger partial charge in [0.2, 0.25) is 0 Å². The Kier molecular flexibility index (Phi) is 3.63. The lowest BCUT2D eigenvalue weighted by molar-refractivity contribution is 0.0946. The third-order valence-corrected chi connectivity index (χ3v) is 2.97. The van der Waals surface area contributed by atoms with Crippen molar-refractivity contribution in [1.82, 2.24) is 9.69 Å². The van der Waals surface area contributed by atoms with Crippen LogP contribution in [0.5, 0.6) is 0 Å². The lowest BCUT2D eigenvalue weighted by Crippen LogP contribution is -2.29. The number of aromatic nitrogens is 1. The summed E-state index contributed by atoms with van der Waals surface area (Å²) in [5.41, 5.74) is 2.06. The predicted molar refractivity (Wildman–Crippen MR) is 58.8 cm³/mol. The van der Waals surface area contributed by atoms with Gasteiger partial charge in [-0.15, -0.1) is 0 Å². The van der Waals surface area contributed by atoms with E-state index in [9.17, 15) is 4.79 Å². The number of amides is 1. The van der Waals surface area contributed by atoms with Crippen molar-refractivity contribution in [1.29, 1.82) is 0 Å². The highest BCUT2D eigenvalue weighted by Gasteiger charge is 2.15. The van der Waals surface area contributed by atoms with Gasteiger partial charge >= 0.3 is 0 Å². The topological polar surface area (TPSA) is 42.0 Å². The quantitative estimate of drug-likeness (QED) is 0.834. The van der Waals surface area contributed by atoms with E-state index < -0.39 is 0 Å². The lowest BCUT2D eigenvalue weighted by atomic mass is 10.2. The van der Waals surface area contributed by atoms with Gasteiger partial charge in [-0.25, -0.2) is 0 Å². The number of rotatable bonds is 3. The van der Waals surface area contributed by atoms with Crippen molar-refractivity contribution in [2.75, 3.05) is 0 Å². The van der Waals surface area contributed by atoms with Gasteiger partial charge in [-0.3, -0.25) is 4.79 Å². The molecule has 0 atom stereocenters. The summed E-state index contributed by atoms with van der Waals surface area (Å²) in [6.07, 6.45) is 0.886. The lowest BCUT2D eigenvalue weighted by Gasteiger charge is -2.06. The van der Waals surface area contributed by atoms with Crippen molar-refractivity contribution in [2.24, 2.45) is 0 Å². The van der Waals surface area contributed by atoms with Gasteiger partial charge < -0.3 is 5.32 Å². The normalized spacial score (nSPS) is 10.6. The van der Waals surface area contributed by atoms with Crippen molar-refractivity contribution in [2.45, 2.75) is 40.2 Å². The van der Waals surface area contributed by atoms with Crippen LogP contribution in [-0.2, 0) is 6.42 Å². The smallest absolute Gasteiger partial charge is 0.263 e. The minimum atomic E-state index is -0.00491. The molecule has 0 spiro atoms. The zero-order chi connectivity index (χ0) is 10.7. The van der Waals surface area contributed by atoms with Gasteiger partial charge in [0.25, 0.3) is 5.91 Å². The highest BCUT2D eigenvalue weighted by molar-refractivity contribution is 7.08. The molecule has 4 heteroatoms. The van der Waals surface area contributed by atoms with Crippen molar-refractivity contribution in [3.05, 3.63) is 16.1 Å². The van der Waals surface area contributed by atoms with E-state index in [0.717, 1.165) is 22.6 Å². The van der Waals surface area contributed by atoms with E-state index in [1.54, 1.807) is 0 Å². The number of carbonyl (C=O) groups excluding carboxylic acids is 1. The Morgan fingerprint density at radius 2 is 2.21 bits per heavy atom. The van der Waals surface area contributed by atoms with E-state index in [2.05, 4.69) is 9.69 Å². The first-order valence-corrected chi connectivity index (χ1v) is 5.59. The van der Waals surface area contributed by atoms with E-state index in [1.165, 1.54) is 11.5 Å². The maximum atomic E-state index is 11.7. The first kappa shape index (κ1) is 11.2. The van der Waals surface area contributed by atoms with Crippen LogP contribution in [0.4, 0.5) is 0 Å². The zero-order valence-corrected chi connectivity index (χ0v) is 9.86. The fraction of sp³-hybridized carbons (Fsp3) is 0.600. The number of nitrogens with zero attached hydrogens (tertiary/aromatic N) is 1. The molecule has 0 aromatic carbocycles. The van der Waals surface area contributed by atoms with E-state index in [-0.39, 0.29) is 11.9 Å². The van der Waals surface area contributed by atoms with Gasteiger partial charge in [0.05, 0.1) is 5.69 Å². The molecule has 0 unspecified atom stereocenters. The Bertz CT molecular complexity index is 331. The molecular weight excluding hydrogens is 196 g/mol. The first-order chi connectivity index (χ1) is 6.56. The Hall–Kier alpha value is -0.900. The zero-order valence-electron chi connectivity index (χ0n) is 9.05. The molecule has 0 saturated carbocycles. The van der Waals surface area contributed by atoms with Crippen LogP contribution in [0, 0.1) is 6.92 Å². The molecule has 1 heterocycles. The molecule has 1 aromatic heterocycles. The van der Waals surface area contributed by atoms with Gasteiger partial charge in [-0.2, -0.15) is 4.37 Å². The van der Waals surface area contributed by atoms with E-state index in [0.29, 0.717) is 0 Å². The number of carbonyl (C=O) groups is 1. The van der Waals surface area contributed by atoms with Crippen LogP contribution in [0.25, 0.3) is 0 Å². The summed E-state index contributed by atoms with van der Waals surface area (Å²) in [6, 6.07) is 0.175. The van der Waals surface area contributed by atoms with Gasteiger partial charge in [0.15, 0.2) is 0 Å². The molecule has 0 aliphatic rings. The van der Waals surface area contributed by atoms with Crippen LogP contribution in [0.3, 0.4) is 0 Å². The van der Waals surface area contributed by atoms with Gasteiger partial charge in [0, 0.05) is 6.04 Å². The maximum Gasteiger partial charge on any atom is 0.263 e. The number of hydrogen-bond acceptors (Lipinski definition) is 3. The molecule has 0 bridgehead atoms. The molecule has 0 fully saturated rings. The van der Waals surface area contributed by atoms with Crippen LogP contribution in [0.15, 0.2) is 0 Å². The van der Waals surface area contributed by atoms with Crippen LogP contribution in [0.2, 0.25) is 0 Å². The monoisotopic (exact) mass is 212 g/mol. The predicted octanol–water partition coefficient (Wildman–Crippen LogP) is 2.15. The molecule has 3 nitrogen and oxygen atoms in total. The average Bonchev–Trinajstić information content (AvgIpc) is 2.45. The van der Waals surface area contributed by atoms with E-state index >= 15 is 0 Å². The Labute approximate surface area is 88.7 Å². The minimum Gasteiger partial charge on any atom is -0.349 e. The molecule has 0 saturated heterocycles. The molecule has 0 aliphatic carbocycles. The van der Waals surface area contributed by atoms with Crippen molar-refractivity contribution in [3.63, 3.8) is 0 Å². The molecule has 1 amide bonds. The summed E-state index contributed by atoms with van der Waals surface area (Å²) in [4.78, 5) is 12.4. The summed E-state index contributed by atoms with van der Waals surface area (Å²) < 4.78 is 4.24. The Balaban J connectivity index is 2.85. The summed E-state index contributed by atoms with van der Waals surface area (Å²) in [6.45, 7) is 7.91. The van der Waals surface area contributed by atoms with Gasteiger partial charge in [-0.05, 0) is 44.3 Å². The molecule has 1 aromatic rings. The molecule has 1 rings (SSSR count). The number of aryl methyl sites for hydroxylation is 1. The standard InChI is InChI=1S/C10H16N2OS/c1-5-8-7(4)9(14-12-8)10(13)11-6(2)3/h6H,5H2,1-4H3,(H,11,13). The molecule has 14 heavy (non-hydrogen) atoms. The average molecular weight is 212 g/mol. The summed E-state index contributed by atoms with van der Waals surface area (Å²) >= 11 is 1.29. The first-order valence-electron chi connectivity index (χ1n) is 4.82. The van der Waals surface area contributed by atoms with Crippen LogP contribution < -0.4 is 5.32 Å². The van der Waals surface area contributed by atoms with Crippen LogP contribution >= 0.6 is 11.5 Å². The third-order valence-electron chi connectivity index (χ3n) is 1.98. The maximum absolute atomic E-state index is 11.7. The number of nitrogens with one attached hydrogen (secondary N) is 1. The van der Waals surface area contributed by atoms with Crippen molar-refractivity contribution < 1.29 is 4.79 Å². The minimum absolute atomic E-state index is 0.00491. The fourth-order valence-electron chi connectivity index (χ4n) is 1.24. The summed E-state index contributed by atoms with van der Waals surface area (Å²) in [5.74, 6) is -0.00491. The largest absolute Gasteiger partial charge is 0.349 e. The second-order valence-corrected chi connectivity index (χ2v) is 4.34. The molecular formula is C10H16N2OS. The number of hydrogen-bond donors (Lipinski definition) is 1. The molecule has 78 valence electrons. The van der Waals surface area contributed by atoms with Crippen LogP contribution in [0.1, 0.15) is 41.7 Å². The SMILES string of the molecule is CCc1nsc(C(=O)NC(C)C)c1C. The van der Waals surface area contributed by atoms with Crippen molar-refractivity contribution >= 4 is 17.4 Å². The Morgan fingerprint density at radius 1 is 1.57 bits per heavy atom. The molecule has 0 radical (unpaired) electrons. The molecule has 1 N–H and O–H groups in total. The van der Waals surface area contributed by atoms with E-state index in [1.807, 2.05) is 27.7 Å². The third kappa shape index (κ3) is 2.32. The highest BCUT2D eigenvalue weighted by atomic mass is 32.1. The van der Waals surface area contributed by atoms with Crippen LogP contribution in [-0.4, -0.2) is 16.3 Å². The van der Waals surface area contributed by atoms with Gasteiger partial charge in [-0.1, -0.05) is 6.92 Å². The van der Waals surface area contributed by atoms with E-state index in [4.69, 9.17) is 0 Å². The molecule has 0 aliphatic heterocycles. The van der Waals surface area contributed by atoms with Gasteiger partial charge in [0.1, 0.15) is 4.88 Å².